The summed E-state index contributed by atoms with van der Waals surface area (Å²) in [6, 6.07) is 2.01. The van der Waals surface area contributed by atoms with Crippen molar-refractivity contribution < 1.29 is 10.2 Å². The molecule has 2 heterocycles. The van der Waals surface area contributed by atoms with Gasteiger partial charge in [0, 0.05) is 4.88 Å². The van der Waals surface area contributed by atoms with Gasteiger partial charge >= 0.3 is 0 Å². The molecule has 0 aliphatic rings. The van der Waals surface area contributed by atoms with Crippen LogP contribution in [-0.2, 0) is 6.42 Å². The Morgan fingerprint density at radius 1 is 1.37 bits per heavy atom. The van der Waals surface area contributed by atoms with Gasteiger partial charge in [-0.05, 0) is 31.0 Å². The van der Waals surface area contributed by atoms with Crippen molar-refractivity contribution in [2.75, 3.05) is 18.5 Å². The van der Waals surface area contributed by atoms with Crippen LogP contribution in [0.4, 0.5) is 5.82 Å². The molecule has 19 heavy (non-hydrogen) atoms. The minimum Gasteiger partial charge on any atom is -0.394 e. The lowest BCUT2D eigenvalue weighted by atomic mass is 10.1. The lowest BCUT2D eigenvalue weighted by Gasteiger charge is -2.27. The van der Waals surface area contributed by atoms with Gasteiger partial charge in [-0.15, -0.1) is 11.3 Å². The SMILES string of the molecule is CCc1cc2c(NC(C)(CO)CO)nc(Cl)nc2s1. The molecule has 5 nitrogen and oxygen atoms in total. The number of anilines is 1. The van der Waals surface area contributed by atoms with E-state index in [1.165, 1.54) is 4.88 Å². The van der Waals surface area contributed by atoms with E-state index in [2.05, 4.69) is 22.2 Å². The maximum Gasteiger partial charge on any atom is 0.225 e. The average molecular weight is 302 g/mol. The number of rotatable bonds is 5. The van der Waals surface area contributed by atoms with Crippen LogP contribution in [0.2, 0.25) is 5.28 Å². The normalized spacial score (nSPS) is 12.1. The first-order valence-electron chi connectivity index (χ1n) is 5.97. The minimum absolute atomic E-state index is 0.151. The van der Waals surface area contributed by atoms with E-state index in [-0.39, 0.29) is 18.5 Å². The molecule has 0 aliphatic carbocycles. The Labute approximate surface area is 120 Å². The first kappa shape index (κ1) is 14.5. The lowest BCUT2D eigenvalue weighted by molar-refractivity contribution is 0.147. The smallest absolute Gasteiger partial charge is 0.225 e. The van der Waals surface area contributed by atoms with E-state index in [9.17, 15) is 10.2 Å². The zero-order valence-corrected chi connectivity index (χ0v) is 12.3. The van der Waals surface area contributed by atoms with Crippen LogP contribution in [0.3, 0.4) is 0 Å². The van der Waals surface area contributed by atoms with Crippen molar-refractivity contribution in [1.29, 1.82) is 0 Å². The molecule has 0 saturated carbocycles. The molecular weight excluding hydrogens is 286 g/mol. The van der Waals surface area contributed by atoms with Gasteiger partial charge in [0.25, 0.3) is 0 Å². The highest BCUT2D eigenvalue weighted by Crippen LogP contribution is 2.31. The van der Waals surface area contributed by atoms with Gasteiger partial charge in [0.1, 0.15) is 10.6 Å². The first-order chi connectivity index (χ1) is 9.01. The van der Waals surface area contributed by atoms with E-state index in [1.54, 1.807) is 18.3 Å². The zero-order valence-electron chi connectivity index (χ0n) is 10.8. The molecule has 2 aromatic rings. The van der Waals surface area contributed by atoms with Crippen molar-refractivity contribution in [3.8, 4) is 0 Å². The van der Waals surface area contributed by atoms with Crippen molar-refractivity contribution in [3.63, 3.8) is 0 Å². The Morgan fingerprint density at radius 2 is 2.05 bits per heavy atom. The van der Waals surface area contributed by atoms with Crippen LogP contribution < -0.4 is 5.32 Å². The number of thiophene rings is 1. The number of aliphatic hydroxyl groups is 2. The molecular formula is C12H16ClN3O2S. The molecule has 0 fully saturated rings. The lowest BCUT2D eigenvalue weighted by Crippen LogP contribution is -2.42. The summed E-state index contributed by atoms with van der Waals surface area (Å²) in [6.07, 6.45) is 0.912. The van der Waals surface area contributed by atoms with Crippen molar-refractivity contribution in [2.45, 2.75) is 25.8 Å². The van der Waals surface area contributed by atoms with Crippen molar-refractivity contribution in [3.05, 3.63) is 16.2 Å². The zero-order chi connectivity index (χ0) is 14.0. The fourth-order valence-corrected chi connectivity index (χ4v) is 2.82. The number of nitrogens with zero attached hydrogens (tertiary/aromatic N) is 2. The quantitative estimate of drug-likeness (QED) is 0.737. The number of hydrogen-bond donors (Lipinski definition) is 3. The van der Waals surface area contributed by atoms with Crippen molar-refractivity contribution >= 4 is 39.0 Å². The molecule has 0 amide bonds. The highest BCUT2D eigenvalue weighted by molar-refractivity contribution is 7.18. The number of fused-ring (bicyclic) bond motifs is 1. The van der Waals surface area contributed by atoms with Crippen LogP contribution in [0.25, 0.3) is 10.2 Å². The van der Waals surface area contributed by atoms with Gasteiger partial charge in [-0.1, -0.05) is 6.92 Å². The average Bonchev–Trinajstić information content (AvgIpc) is 2.81. The van der Waals surface area contributed by atoms with E-state index in [1.807, 2.05) is 6.07 Å². The molecule has 0 radical (unpaired) electrons. The molecule has 0 unspecified atom stereocenters. The summed E-state index contributed by atoms with van der Waals surface area (Å²) >= 11 is 7.48. The maximum absolute atomic E-state index is 9.34. The van der Waals surface area contributed by atoms with E-state index in [0.717, 1.165) is 16.6 Å². The summed E-state index contributed by atoms with van der Waals surface area (Å²) in [5.41, 5.74) is -0.848. The molecule has 2 aromatic heterocycles. The molecule has 0 atom stereocenters. The van der Waals surface area contributed by atoms with Gasteiger partial charge in [0.05, 0.1) is 24.1 Å². The third-order valence-corrected chi connectivity index (χ3v) is 4.23. The van der Waals surface area contributed by atoms with E-state index < -0.39 is 5.54 Å². The number of aromatic nitrogens is 2. The predicted molar refractivity (Wildman–Crippen MR) is 78.0 cm³/mol. The van der Waals surface area contributed by atoms with E-state index >= 15 is 0 Å². The highest BCUT2D eigenvalue weighted by Gasteiger charge is 2.24. The second kappa shape index (κ2) is 5.58. The topological polar surface area (TPSA) is 78.3 Å². The van der Waals surface area contributed by atoms with Crippen molar-refractivity contribution in [1.82, 2.24) is 9.97 Å². The number of aryl methyl sites for hydroxylation is 1. The standard InChI is InChI=1S/C12H16ClN3O2S/c1-3-7-4-8-9(16-12(2,5-17)6-18)14-11(13)15-10(8)19-7/h4,17-18H,3,5-6H2,1-2H3,(H,14,15,16). The largest absolute Gasteiger partial charge is 0.394 e. The minimum atomic E-state index is -0.848. The molecule has 104 valence electrons. The fourth-order valence-electron chi connectivity index (χ4n) is 1.63. The van der Waals surface area contributed by atoms with Crippen LogP contribution in [-0.4, -0.2) is 38.9 Å². The molecule has 3 N–H and O–H groups in total. The van der Waals surface area contributed by atoms with Gasteiger partial charge in [-0.25, -0.2) is 9.97 Å². The van der Waals surface area contributed by atoms with E-state index in [0.29, 0.717) is 5.82 Å². The van der Waals surface area contributed by atoms with Crippen LogP contribution in [0.5, 0.6) is 0 Å². The number of aliphatic hydroxyl groups excluding tert-OH is 2. The Hall–Kier alpha value is -0.950. The van der Waals surface area contributed by atoms with Gasteiger partial charge in [-0.2, -0.15) is 0 Å². The second-order valence-corrected chi connectivity index (χ2v) is 6.08. The Balaban J connectivity index is 2.49. The van der Waals surface area contributed by atoms with Gasteiger partial charge < -0.3 is 15.5 Å². The second-order valence-electron chi connectivity index (χ2n) is 4.63. The summed E-state index contributed by atoms with van der Waals surface area (Å²) in [5.74, 6) is 0.538. The molecule has 0 aliphatic heterocycles. The van der Waals surface area contributed by atoms with Gasteiger partial charge in [0.15, 0.2) is 0 Å². The molecule has 0 aromatic carbocycles. The summed E-state index contributed by atoms with van der Waals surface area (Å²) in [4.78, 5) is 10.3. The van der Waals surface area contributed by atoms with Crippen LogP contribution >= 0.6 is 22.9 Å². The summed E-state index contributed by atoms with van der Waals surface area (Å²) in [7, 11) is 0. The summed E-state index contributed by atoms with van der Waals surface area (Å²) in [5, 5.41) is 22.7. The van der Waals surface area contributed by atoms with Crippen LogP contribution in [0.15, 0.2) is 6.07 Å². The maximum atomic E-state index is 9.34. The molecule has 0 bridgehead atoms. The number of halogens is 1. The number of nitrogens with one attached hydrogen (secondary N) is 1. The predicted octanol–water partition coefficient (Wildman–Crippen LogP) is 2.06. The highest BCUT2D eigenvalue weighted by atomic mass is 35.5. The summed E-state index contributed by atoms with van der Waals surface area (Å²) < 4.78 is 0. The van der Waals surface area contributed by atoms with Crippen molar-refractivity contribution in [2.24, 2.45) is 0 Å². The molecule has 0 spiro atoms. The third kappa shape index (κ3) is 2.97. The van der Waals surface area contributed by atoms with E-state index in [4.69, 9.17) is 11.6 Å². The number of hydrogen-bond acceptors (Lipinski definition) is 6. The fraction of sp³-hybridized carbons (Fsp3) is 0.500. The van der Waals surface area contributed by atoms with Gasteiger partial charge in [-0.3, -0.25) is 0 Å². The molecule has 7 heteroatoms. The third-order valence-electron chi connectivity index (χ3n) is 2.88. The van der Waals surface area contributed by atoms with Crippen LogP contribution in [0, 0.1) is 0 Å². The van der Waals surface area contributed by atoms with Crippen LogP contribution in [0.1, 0.15) is 18.7 Å². The monoisotopic (exact) mass is 301 g/mol. The molecule has 0 saturated heterocycles. The Morgan fingerprint density at radius 3 is 2.63 bits per heavy atom. The van der Waals surface area contributed by atoms with Gasteiger partial charge in [0.2, 0.25) is 5.28 Å². The first-order valence-corrected chi connectivity index (χ1v) is 7.16. The Bertz CT molecular complexity index is 584. The Kier molecular flexibility index (Phi) is 4.25. The summed E-state index contributed by atoms with van der Waals surface area (Å²) in [6.45, 7) is 3.36. The molecule has 2 rings (SSSR count).